The topological polar surface area (TPSA) is 3.24 Å². The molecule has 32 heavy (non-hydrogen) atoms. The lowest BCUT2D eigenvalue weighted by Crippen LogP contribution is -2.15. The van der Waals surface area contributed by atoms with Crippen LogP contribution in [0.2, 0.25) is 0 Å². The van der Waals surface area contributed by atoms with Crippen LogP contribution in [0.15, 0.2) is 125 Å². The third-order valence-corrected chi connectivity index (χ3v) is 7.57. The van der Waals surface area contributed by atoms with E-state index >= 15 is 0 Å². The van der Waals surface area contributed by atoms with Crippen molar-refractivity contribution in [3.05, 3.63) is 115 Å². The Morgan fingerprint density at radius 2 is 1.12 bits per heavy atom. The van der Waals surface area contributed by atoms with Gasteiger partial charge in [0.05, 0.1) is 11.4 Å². The lowest BCUT2D eigenvalue weighted by molar-refractivity contribution is 1.20. The highest BCUT2D eigenvalue weighted by Gasteiger charge is 2.28. The molecule has 0 aromatic heterocycles. The van der Waals surface area contributed by atoms with E-state index in [1.807, 2.05) is 11.8 Å². The Hall–Kier alpha value is -3.75. The van der Waals surface area contributed by atoms with E-state index in [1.54, 1.807) is 0 Å². The first kappa shape index (κ1) is 17.9. The predicted octanol–water partition coefficient (Wildman–Crippen LogP) is 9.08. The van der Waals surface area contributed by atoms with Gasteiger partial charge in [-0.05, 0) is 51.2 Å². The fourth-order valence-corrected chi connectivity index (χ4v) is 6.09. The Morgan fingerprint density at radius 3 is 1.97 bits per heavy atom. The molecule has 1 aliphatic heterocycles. The molecule has 6 aromatic carbocycles. The summed E-state index contributed by atoms with van der Waals surface area (Å²) in [5.41, 5.74) is 3.71. The average Bonchev–Trinajstić information content (AvgIpc) is 2.87. The molecule has 0 aliphatic carbocycles. The van der Waals surface area contributed by atoms with Gasteiger partial charge in [-0.15, -0.1) is 0 Å². The number of hydrogen-bond donors (Lipinski definition) is 0. The van der Waals surface area contributed by atoms with Gasteiger partial charge in [-0.2, -0.15) is 0 Å². The van der Waals surface area contributed by atoms with E-state index in [4.69, 9.17) is 0 Å². The van der Waals surface area contributed by atoms with Crippen molar-refractivity contribution < 1.29 is 0 Å². The van der Waals surface area contributed by atoms with Crippen molar-refractivity contribution in [2.75, 3.05) is 4.90 Å². The molecule has 2 heteroatoms. The standard InChI is InChI=1S/C30H19NS/c1-2-10-23-19-24(16-13-20(23)7-1)31-27-17-14-22-9-4-6-12-26(22)30(27)32-28-18-15-21-8-3-5-11-25(21)29(28)31/h1-19H. The largest absolute Gasteiger partial charge is 0.308 e. The van der Waals surface area contributed by atoms with Crippen molar-refractivity contribution >= 4 is 61.1 Å². The Kier molecular flexibility index (Phi) is 3.84. The minimum Gasteiger partial charge on any atom is -0.308 e. The molecule has 0 bridgehead atoms. The zero-order chi connectivity index (χ0) is 21.1. The summed E-state index contributed by atoms with van der Waals surface area (Å²) in [6.45, 7) is 0. The van der Waals surface area contributed by atoms with E-state index in [9.17, 15) is 0 Å². The fraction of sp³-hybridized carbons (Fsp3) is 0. The van der Waals surface area contributed by atoms with Gasteiger partial charge in [-0.25, -0.2) is 0 Å². The Balaban J connectivity index is 1.59. The normalized spacial score (nSPS) is 12.8. The SMILES string of the molecule is c1ccc2cc(N3c4ccc5ccccc5c4Sc4ccc5ccccc5c43)ccc2c1. The lowest BCUT2D eigenvalue weighted by atomic mass is 10.0. The number of benzene rings is 6. The minimum absolute atomic E-state index is 1.19. The van der Waals surface area contributed by atoms with Crippen LogP contribution in [-0.2, 0) is 0 Å². The van der Waals surface area contributed by atoms with Gasteiger partial charge < -0.3 is 4.90 Å². The average molecular weight is 426 g/mol. The summed E-state index contributed by atoms with van der Waals surface area (Å²) in [6, 6.07) is 41.9. The second-order valence-corrected chi connectivity index (χ2v) is 9.29. The number of rotatable bonds is 1. The maximum atomic E-state index is 2.46. The smallest absolute Gasteiger partial charge is 0.0679 e. The van der Waals surface area contributed by atoms with Crippen LogP contribution in [0.3, 0.4) is 0 Å². The first-order valence-corrected chi connectivity index (χ1v) is 11.7. The third-order valence-electron chi connectivity index (χ3n) is 6.39. The Labute approximate surface area is 190 Å². The van der Waals surface area contributed by atoms with Crippen LogP contribution >= 0.6 is 11.8 Å². The lowest BCUT2D eigenvalue weighted by Gasteiger charge is -2.34. The summed E-state index contributed by atoms with van der Waals surface area (Å²) < 4.78 is 0. The van der Waals surface area contributed by atoms with Gasteiger partial charge in [0.2, 0.25) is 0 Å². The van der Waals surface area contributed by atoms with Gasteiger partial charge in [0.15, 0.2) is 0 Å². The molecule has 6 aromatic rings. The highest BCUT2D eigenvalue weighted by Crippen LogP contribution is 2.55. The first-order chi connectivity index (χ1) is 15.9. The molecule has 1 heterocycles. The highest BCUT2D eigenvalue weighted by atomic mass is 32.2. The molecule has 1 nitrogen and oxygen atoms in total. The van der Waals surface area contributed by atoms with Crippen LogP contribution < -0.4 is 4.90 Å². The van der Waals surface area contributed by atoms with E-state index in [-0.39, 0.29) is 0 Å². The van der Waals surface area contributed by atoms with E-state index < -0.39 is 0 Å². The van der Waals surface area contributed by atoms with Crippen molar-refractivity contribution in [1.82, 2.24) is 0 Å². The quantitative estimate of drug-likeness (QED) is 0.258. The van der Waals surface area contributed by atoms with Crippen molar-refractivity contribution in [1.29, 1.82) is 0 Å². The van der Waals surface area contributed by atoms with Gasteiger partial charge in [0, 0.05) is 20.9 Å². The van der Waals surface area contributed by atoms with Crippen molar-refractivity contribution in [2.24, 2.45) is 0 Å². The van der Waals surface area contributed by atoms with Crippen molar-refractivity contribution in [2.45, 2.75) is 9.79 Å². The summed E-state index contributed by atoms with van der Waals surface area (Å²) in [6.07, 6.45) is 0. The summed E-state index contributed by atoms with van der Waals surface area (Å²) in [7, 11) is 0. The van der Waals surface area contributed by atoms with Crippen LogP contribution in [0.4, 0.5) is 17.1 Å². The molecule has 0 radical (unpaired) electrons. The van der Waals surface area contributed by atoms with Crippen LogP contribution in [0.25, 0.3) is 32.3 Å². The molecule has 0 N–H and O–H groups in total. The zero-order valence-corrected chi connectivity index (χ0v) is 18.1. The van der Waals surface area contributed by atoms with Crippen LogP contribution in [0.1, 0.15) is 0 Å². The molecule has 0 atom stereocenters. The van der Waals surface area contributed by atoms with E-state index in [0.717, 1.165) is 0 Å². The molecule has 0 amide bonds. The second kappa shape index (κ2) is 6.88. The third kappa shape index (κ3) is 2.60. The fourth-order valence-electron chi connectivity index (χ4n) is 4.88. The molecular weight excluding hydrogens is 406 g/mol. The summed E-state index contributed by atoms with van der Waals surface area (Å²) in [5.74, 6) is 0. The summed E-state index contributed by atoms with van der Waals surface area (Å²) in [4.78, 5) is 5.07. The number of hydrogen-bond acceptors (Lipinski definition) is 2. The van der Waals surface area contributed by atoms with E-state index in [2.05, 4.69) is 120 Å². The van der Waals surface area contributed by atoms with Gasteiger partial charge >= 0.3 is 0 Å². The molecule has 1 aliphatic rings. The molecule has 150 valence electrons. The Bertz CT molecular complexity index is 1670. The first-order valence-electron chi connectivity index (χ1n) is 10.9. The monoisotopic (exact) mass is 425 g/mol. The van der Waals surface area contributed by atoms with Gasteiger partial charge in [-0.3, -0.25) is 0 Å². The summed E-state index contributed by atoms with van der Waals surface area (Å²) >= 11 is 1.89. The number of fused-ring (bicyclic) bond motifs is 7. The Morgan fingerprint density at radius 1 is 0.500 bits per heavy atom. The molecule has 0 unspecified atom stereocenters. The molecule has 0 fully saturated rings. The predicted molar refractivity (Wildman–Crippen MR) is 138 cm³/mol. The molecule has 7 rings (SSSR count). The molecule has 0 spiro atoms. The number of anilines is 3. The van der Waals surface area contributed by atoms with Gasteiger partial charge in [0.1, 0.15) is 0 Å². The highest BCUT2D eigenvalue weighted by molar-refractivity contribution is 8.00. The number of nitrogens with zero attached hydrogens (tertiary/aromatic N) is 1. The zero-order valence-electron chi connectivity index (χ0n) is 17.3. The van der Waals surface area contributed by atoms with Crippen molar-refractivity contribution in [3.8, 4) is 0 Å². The molecule has 0 saturated heterocycles. The van der Waals surface area contributed by atoms with E-state index in [1.165, 1.54) is 59.2 Å². The summed E-state index contributed by atoms with van der Waals surface area (Å²) in [5, 5.41) is 7.65. The second-order valence-electron chi connectivity index (χ2n) is 8.24. The van der Waals surface area contributed by atoms with Crippen LogP contribution in [-0.4, -0.2) is 0 Å². The van der Waals surface area contributed by atoms with E-state index in [0.29, 0.717) is 0 Å². The maximum absolute atomic E-state index is 2.46. The maximum Gasteiger partial charge on any atom is 0.0679 e. The van der Waals surface area contributed by atoms with Gasteiger partial charge in [-0.1, -0.05) is 103 Å². The minimum atomic E-state index is 1.19. The van der Waals surface area contributed by atoms with Crippen LogP contribution in [0.5, 0.6) is 0 Å². The van der Waals surface area contributed by atoms with Crippen molar-refractivity contribution in [3.63, 3.8) is 0 Å². The van der Waals surface area contributed by atoms with Crippen LogP contribution in [0, 0.1) is 0 Å². The van der Waals surface area contributed by atoms with Gasteiger partial charge in [0.25, 0.3) is 0 Å². The molecule has 0 saturated carbocycles. The molecular formula is C30H19NS.